The van der Waals surface area contributed by atoms with Gasteiger partial charge in [-0.25, -0.2) is 14.8 Å². The maximum Gasteiger partial charge on any atom is 0.355 e. The number of hydrazine groups is 3. The molecule has 3 aromatic carbocycles. The molecule has 1 fully saturated rings. The van der Waals surface area contributed by atoms with Gasteiger partial charge in [-0.1, -0.05) is 42.5 Å². The summed E-state index contributed by atoms with van der Waals surface area (Å²) in [7, 11) is 3.47. The van der Waals surface area contributed by atoms with E-state index in [0.717, 1.165) is 22.6 Å². The fraction of sp³-hybridized carbons (Fsp3) is 0.174. The van der Waals surface area contributed by atoms with Crippen molar-refractivity contribution in [2.75, 3.05) is 19.1 Å². The Morgan fingerprint density at radius 1 is 0.900 bits per heavy atom. The zero-order chi connectivity index (χ0) is 21.1. The average Bonchev–Trinajstić information content (AvgIpc) is 3.01. The normalized spacial score (nSPS) is 14.3. The molecule has 0 bridgehead atoms. The number of urea groups is 1. The minimum atomic E-state index is -0.189. The third kappa shape index (κ3) is 4.07. The Balaban J connectivity index is 1.52. The first-order valence-electron chi connectivity index (χ1n) is 9.65. The second-order valence-corrected chi connectivity index (χ2v) is 7.04. The molecular formula is C23H24N4O3. The molecule has 1 aliphatic heterocycles. The summed E-state index contributed by atoms with van der Waals surface area (Å²) < 4.78 is 12.1. The van der Waals surface area contributed by atoms with Gasteiger partial charge in [-0.15, -0.1) is 10.7 Å². The molecule has 0 atom stereocenters. The van der Waals surface area contributed by atoms with E-state index in [-0.39, 0.29) is 6.03 Å². The number of carbonyl (C=O) groups excluding carboxylic acids is 1. The van der Waals surface area contributed by atoms with Crippen LogP contribution in [0.15, 0.2) is 72.8 Å². The van der Waals surface area contributed by atoms with Crippen molar-refractivity contribution in [3.8, 4) is 17.2 Å². The van der Waals surface area contributed by atoms with Crippen LogP contribution in [0.1, 0.15) is 11.1 Å². The molecular weight excluding hydrogens is 380 g/mol. The van der Waals surface area contributed by atoms with E-state index >= 15 is 0 Å². The van der Waals surface area contributed by atoms with Crippen molar-refractivity contribution in [3.63, 3.8) is 0 Å². The van der Waals surface area contributed by atoms with Gasteiger partial charge in [0.25, 0.3) is 0 Å². The SMILES string of the molecule is Cc1cccc(N2NN(C)N(C)C2=O)c1OCc1cccc(Oc2ccccc2)c1. The van der Waals surface area contributed by atoms with Gasteiger partial charge in [-0.2, -0.15) is 0 Å². The molecule has 7 nitrogen and oxygen atoms in total. The van der Waals surface area contributed by atoms with Gasteiger partial charge in [0.05, 0.1) is 0 Å². The summed E-state index contributed by atoms with van der Waals surface area (Å²) in [5.74, 6) is 2.17. The van der Waals surface area contributed by atoms with Gasteiger partial charge in [0.1, 0.15) is 29.5 Å². The number of carbonyl (C=O) groups is 1. The number of anilines is 1. The molecule has 0 aliphatic carbocycles. The van der Waals surface area contributed by atoms with E-state index in [0.29, 0.717) is 18.0 Å². The quantitative estimate of drug-likeness (QED) is 0.655. The van der Waals surface area contributed by atoms with Crippen LogP contribution in [-0.2, 0) is 6.61 Å². The number of benzene rings is 3. The van der Waals surface area contributed by atoms with E-state index in [1.54, 1.807) is 19.2 Å². The first-order valence-corrected chi connectivity index (χ1v) is 9.65. The number of rotatable bonds is 6. The minimum absolute atomic E-state index is 0.189. The molecule has 0 radical (unpaired) electrons. The average molecular weight is 404 g/mol. The van der Waals surface area contributed by atoms with Crippen LogP contribution < -0.4 is 20.0 Å². The Hall–Kier alpha value is -3.55. The zero-order valence-corrected chi connectivity index (χ0v) is 17.2. The predicted molar refractivity (Wildman–Crippen MR) is 115 cm³/mol. The second kappa shape index (κ2) is 8.44. The molecule has 0 spiro atoms. The Morgan fingerprint density at radius 3 is 2.37 bits per heavy atom. The van der Waals surface area contributed by atoms with Crippen molar-refractivity contribution < 1.29 is 14.3 Å². The van der Waals surface area contributed by atoms with Gasteiger partial charge >= 0.3 is 6.03 Å². The van der Waals surface area contributed by atoms with Crippen LogP contribution in [-0.4, -0.2) is 30.3 Å². The van der Waals surface area contributed by atoms with Crippen LogP contribution in [0.5, 0.6) is 17.2 Å². The Bertz CT molecular complexity index is 1040. The van der Waals surface area contributed by atoms with E-state index in [2.05, 4.69) is 5.53 Å². The lowest BCUT2D eigenvalue weighted by molar-refractivity contribution is 0.0652. The van der Waals surface area contributed by atoms with Crippen LogP contribution in [0.2, 0.25) is 0 Å². The van der Waals surface area contributed by atoms with E-state index in [4.69, 9.17) is 9.47 Å². The van der Waals surface area contributed by atoms with Crippen LogP contribution in [0.3, 0.4) is 0 Å². The summed E-state index contributed by atoms with van der Waals surface area (Å²) in [6, 6.07) is 23.0. The van der Waals surface area contributed by atoms with Gasteiger partial charge in [0.2, 0.25) is 0 Å². The maximum absolute atomic E-state index is 12.5. The first-order chi connectivity index (χ1) is 14.5. The molecule has 3 aromatic rings. The van der Waals surface area contributed by atoms with E-state index in [1.165, 1.54) is 10.0 Å². The summed E-state index contributed by atoms with van der Waals surface area (Å²) in [4.78, 5) is 12.5. The van der Waals surface area contributed by atoms with E-state index in [1.807, 2.05) is 79.7 Å². The topological polar surface area (TPSA) is 57.3 Å². The largest absolute Gasteiger partial charge is 0.486 e. The fourth-order valence-electron chi connectivity index (χ4n) is 3.16. The third-order valence-corrected chi connectivity index (χ3v) is 4.86. The summed E-state index contributed by atoms with van der Waals surface area (Å²) >= 11 is 0. The van der Waals surface area contributed by atoms with Crippen LogP contribution in [0.4, 0.5) is 10.5 Å². The van der Waals surface area contributed by atoms with Crippen molar-refractivity contribution in [2.24, 2.45) is 0 Å². The van der Waals surface area contributed by atoms with Crippen LogP contribution >= 0.6 is 0 Å². The fourth-order valence-corrected chi connectivity index (χ4v) is 3.16. The predicted octanol–water partition coefficient (Wildman–Crippen LogP) is 4.50. The van der Waals surface area contributed by atoms with Crippen molar-refractivity contribution in [3.05, 3.63) is 83.9 Å². The molecule has 30 heavy (non-hydrogen) atoms. The van der Waals surface area contributed by atoms with Gasteiger partial charge in [0.15, 0.2) is 0 Å². The molecule has 1 saturated heterocycles. The van der Waals surface area contributed by atoms with Crippen LogP contribution in [0.25, 0.3) is 0 Å². The van der Waals surface area contributed by atoms with Crippen molar-refractivity contribution >= 4 is 11.7 Å². The smallest absolute Gasteiger partial charge is 0.355 e. The Morgan fingerprint density at radius 2 is 1.63 bits per heavy atom. The second-order valence-electron chi connectivity index (χ2n) is 7.04. The number of para-hydroxylation sites is 2. The highest BCUT2D eigenvalue weighted by molar-refractivity contribution is 5.93. The highest BCUT2D eigenvalue weighted by Gasteiger charge is 2.33. The lowest BCUT2D eigenvalue weighted by atomic mass is 10.2. The van der Waals surface area contributed by atoms with E-state index < -0.39 is 0 Å². The molecule has 0 saturated carbocycles. The third-order valence-electron chi connectivity index (χ3n) is 4.86. The molecule has 1 heterocycles. The van der Waals surface area contributed by atoms with Gasteiger partial charge in [-0.05, 0) is 48.4 Å². The first kappa shape index (κ1) is 19.8. The number of hydrogen-bond acceptors (Lipinski definition) is 5. The highest BCUT2D eigenvalue weighted by Crippen LogP contribution is 2.34. The minimum Gasteiger partial charge on any atom is -0.486 e. The van der Waals surface area contributed by atoms with Crippen molar-refractivity contribution in [1.29, 1.82) is 0 Å². The molecule has 1 aliphatic rings. The molecule has 0 unspecified atom stereocenters. The number of aryl methyl sites for hydroxylation is 1. The summed E-state index contributed by atoms with van der Waals surface area (Å²) in [5, 5.41) is 4.56. The summed E-state index contributed by atoms with van der Waals surface area (Å²) in [6.45, 7) is 2.30. The monoisotopic (exact) mass is 404 g/mol. The Labute approximate surface area is 175 Å². The number of ether oxygens (including phenoxy) is 2. The molecule has 1 N–H and O–H groups in total. The van der Waals surface area contributed by atoms with Crippen molar-refractivity contribution in [2.45, 2.75) is 13.5 Å². The van der Waals surface area contributed by atoms with Gasteiger partial charge < -0.3 is 9.47 Å². The summed E-state index contributed by atoms with van der Waals surface area (Å²) in [5.41, 5.74) is 5.58. The van der Waals surface area contributed by atoms with Crippen molar-refractivity contribution in [1.82, 2.24) is 15.7 Å². The van der Waals surface area contributed by atoms with Crippen LogP contribution in [0, 0.1) is 6.92 Å². The lowest BCUT2D eigenvalue weighted by Gasteiger charge is -2.20. The lowest BCUT2D eigenvalue weighted by Crippen LogP contribution is -2.39. The van der Waals surface area contributed by atoms with Gasteiger partial charge in [-0.3, -0.25) is 0 Å². The number of amides is 2. The number of nitrogens with zero attached hydrogens (tertiary/aromatic N) is 3. The molecule has 7 heteroatoms. The standard InChI is InChI=1S/C23H24N4O3/c1-17-9-7-14-21(27-23(28)25(2)26(3)24-27)22(17)29-16-18-10-8-13-20(15-18)30-19-11-5-4-6-12-19/h4-15,24H,16H2,1-3H3. The van der Waals surface area contributed by atoms with Gasteiger partial charge in [0, 0.05) is 14.1 Å². The zero-order valence-electron chi connectivity index (χ0n) is 17.2. The molecule has 4 rings (SSSR count). The number of nitrogens with one attached hydrogen (secondary N) is 1. The van der Waals surface area contributed by atoms with E-state index in [9.17, 15) is 4.79 Å². The maximum atomic E-state index is 12.5. The molecule has 154 valence electrons. The summed E-state index contributed by atoms with van der Waals surface area (Å²) in [6.07, 6.45) is 0. The Kier molecular flexibility index (Phi) is 5.56. The molecule has 2 amide bonds. The molecule has 0 aromatic heterocycles. The number of hydrogen-bond donors (Lipinski definition) is 1. The highest BCUT2D eigenvalue weighted by atomic mass is 16.5.